The first-order valence-electron chi connectivity index (χ1n) is 5.76. The number of likely N-dealkylation sites (N-methyl/N-ethyl adjacent to an activating group) is 1. The number of aromatic amines is 1. The van der Waals surface area contributed by atoms with Gasteiger partial charge in [-0.1, -0.05) is 12.1 Å². The highest BCUT2D eigenvalue weighted by Gasteiger charge is 2.31. The maximum absolute atomic E-state index is 12.1. The monoisotopic (exact) mass is 273 g/mol. The second kappa shape index (κ2) is 5.08. The summed E-state index contributed by atoms with van der Waals surface area (Å²) < 4.78 is 36.4. The molecule has 0 bridgehead atoms. The highest BCUT2D eigenvalue weighted by molar-refractivity contribution is 5.77. The van der Waals surface area contributed by atoms with E-state index in [1.165, 1.54) is 4.90 Å². The fourth-order valence-electron chi connectivity index (χ4n) is 1.85. The van der Waals surface area contributed by atoms with Gasteiger partial charge in [-0.25, -0.2) is 4.98 Å². The zero-order valence-electron chi connectivity index (χ0n) is 10.3. The van der Waals surface area contributed by atoms with Crippen molar-refractivity contribution in [3.8, 4) is 0 Å². The highest BCUT2D eigenvalue weighted by atomic mass is 19.4. The summed E-state index contributed by atoms with van der Waals surface area (Å²) in [4.78, 5) is 8.69. The van der Waals surface area contributed by atoms with Crippen LogP contribution in [0.2, 0.25) is 0 Å². The number of nitrogens with one attached hydrogen (secondary N) is 1. The van der Waals surface area contributed by atoms with Gasteiger partial charge < -0.3 is 15.0 Å². The van der Waals surface area contributed by atoms with E-state index in [9.17, 15) is 18.3 Å². The van der Waals surface area contributed by atoms with Gasteiger partial charge in [0.25, 0.3) is 0 Å². The first-order chi connectivity index (χ1) is 8.85. The molecule has 7 heteroatoms. The van der Waals surface area contributed by atoms with Crippen molar-refractivity contribution in [2.45, 2.75) is 18.7 Å². The molecule has 0 aliphatic carbocycles. The van der Waals surface area contributed by atoms with E-state index in [4.69, 9.17) is 0 Å². The molecule has 104 valence electrons. The van der Waals surface area contributed by atoms with Gasteiger partial charge in [-0.3, -0.25) is 0 Å². The second-order valence-corrected chi connectivity index (χ2v) is 4.43. The maximum atomic E-state index is 12.1. The number of halogens is 3. The first-order valence-corrected chi connectivity index (χ1v) is 5.76. The lowest BCUT2D eigenvalue weighted by atomic mass is 10.2. The molecule has 0 amide bonds. The molecule has 1 aromatic heterocycles. The van der Waals surface area contributed by atoms with Crippen molar-refractivity contribution in [3.05, 3.63) is 24.3 Å². The molecule has 19 heavy (non-hydrogen) atoms. The van der Waals surface area contributed by atoms with Gasteiger partial charge in [-0.15, -0.1) is 0 Å². The summed E-state index contributed by atoms with van der Waals surface area (Å²) in [5, 5.41) is 9.39. The Morgan fingerprint density at radius 2 is 2.05 bits per heavy atom. The van der Waals surface area contributed by atoms with E-state index in [1.54, 1.807) is 13.1 Å². The van der Waals surface area contributed by atoms with Crippen molar-refractivity contribution in [2.24, 2.45) is 0 Å². The van der Waals surface area contributed by atoms with Gasteiger partial charge in [0.15, 0.2) is 0 Å². The quantitative estimate of drug-likeness (QED) is 0.898. The molecule has 2 N–H and O–H groups in total. The van der Waals surface area contributed by atoms with Gasteiger partial charge in [-0.05, 0) is 12.1 Å². The predicted molar refractivity (Wildman–Crippen MR) is 66.0 cm³/mol. The largest absolute Gasteiger partial charge is 0.391 e. The molecule has 4 nitrogen and oxygen atoms in total. The minimum atomic E-state index is -4.37. The number of nitrogens with zero attached hydrogens (tertiary/aromatic N) is 2. The topological polar surface area (TPSA) is 52.1 Å². The Morgan fingerprint density at radius 3 is 2.68 bits per heavy atom. The Kier molecular flexibility index (Phi) is 3.66. The van der Waals surface area contributed by atoms with Gasteiger partial charge in [0, 0.05) is 13.6 Å². The van der Waals surface area contributed by atoms with Gasteiger partial charge in [0.05, 0.1) is 23.6 Å². The molecule has 0 radical (unpaired) electrons. The molecule has 2 rings (SSSR count). The number of rotatable bonds is 4. The van der Waals surface area contributed by atoms with Crippen molar-refractivity contribution in [1.82, 2.24) is 9.97 Å². The van der Waals surface area contributed by atoms with Crippen LogP contribution in [0.1, 0.15) is 6.42 Å². The molecule has 0 saturated heterocycles. The summed E-state index contributed by atoms with van der Waals surface area (Å²) in [6, 6.07) is 7.29. The number of benzene rings is 1. The van der Waals surface area contributed by atoms with Crippen LogP contribution in [0.3, 0.4) is 0 Å². The summed E-state index contributed by atoms with van der Waals surface area (Å²) in [5.74, 6) is 0.433. The number of hydrogen-bond donors (Lipinski definition) is 2. The number of aromatic nitrogens is 2. The van der Waals surface area contributed by atoms with Crippen LogP contribution in [-0.2, 0) is 0 Å². The van der Waals surface area contributed by atoms with Gasteiger partial charge in [0.1, 0.15) is 0 Å². The molecule has 1 atom stereocenters. The van der Waals surface area contributed by atoms with Crippen molar-refractivity contribution in [1.29, 1.82) is 0 Å². The van der Waals surface area contributed by atoms with Crippen LogP contribution in [-0.4, -0.2) is 40.9 Å². The molecule has 0 spiro atoms. The zero-order chi connectivity index (χ0) is 14.0. The van der Waals surface area contributed by atoms with Crippen LogP contribution >= 0.6 is 0 Å². The van der Waals surface area contributed by atoms with Crippen LogP contribution in [0.25, 0.3) is 11.0 Å². The number of para-hydroxylation sites is 2. The highest BCUT2D eigenvalue weighted by Crippen LogP contribution is 2.22. The van der Waals surface area contributed by atoms with Crippen molar-refractivity contribution in [2.75, 3.05) is 18.5 Å². The molecular weight excluding hydrogens is 259 g/mol. The smallest absolute Gasteiger partial charge is 0.391 e. The molecule has 1 heterocycles. The number of fused-ring (bicyclic) bond motifs is 1. The summed E-state index contributed by atoms with van der Waals surface area (Å²) in [5.41, 5.74) is 1.53. The van der Waals surface area contributed by atoms with E-state index in [0.29, 0.717) is 5.95 Å². The number of imidazole rings is 1. The SMILES string of the molecule is CN(CC(O)CC(F)(F)F)c1nc2ccccc2[nH]1. The van der Waals surface area contributed by atoms with Crippen LogP contribution in [0.15, 0.2) is 24.3 Å². The second-order valence-electron chi connectivity index (χ2n) is 4.43. The number of anilines is 1. The molecular formula is C12H14F3N3O. The Hall–Kier alpha value is -1.76. The minimum absolute atomic E-state index is 0.140. The van der Waals surface area contributed by atoms with Gasteiger partial charge in [0.2, 0.25) is 5.95 Å². The molecule has 0 aliphatic rings. The molecule has 2 aromatic rings. The van der Waals surface area contributed by atoms with Crippen LogP contribution in [0.4, 0.5) is 19.1 Å². The van der Waals surface area contributed by atoms with Gasteiger partial charge in [-0.2, -0.15) is 13.2 Å². The molecule has 1 aromatic carbocycles. The predicted octanol–water partition coefficient (Wildman–Crippen LogP) is 2.31. The van der Waals surface area contributed by atoms with Crippen LogP contribution in [0.5, 0.6) is 0 Å². The van der Waals surface area contributed by atoms with E-state index in [-0.39, 0.29) is 6.54 Å². The molecule has 0 saturated carbocycles. The number of hydrogen-bond acceptors (Lipinski definition) is 3. The molecule has 1 unspecified atom stereocenters. The average Bonchev–Trinajstić information content (AvgIpc) is 2.69. The number of H-pyrrole nitrogens is 1. The number of aliphatic hydroxyl groups excluding tert-OH is 1. The standard InChI is InChI=1S/C12H14F3N3O/c1-18(7-8(19)6-12(13,14)15)11-16-9-4-2-3-5-10(9)17-11/h2-5,8,19H,6-7H2,1H3,(H,16,17). The number of aliphatic hydroxyl groups is 1. The molecule has 0 aliphatic heterocycles. The van der Waals surface area contributed by atoms with E-state index in [0.717, 1.165) is 11.0 Å². The third-order valence-electron chi connectivity index (χ3n) is 2.69. The molecule has 0 fully saturated rings. The van der Waals surface area contributed by atoms with E-state index < -0.39 is 18.7 Å². The fraction of sp³-hybridized carbons (Fsp3) is 0.417. The van der Waals surface area contributed by atoms with Crippen molar-refractivity contribution >= 4 is 17.0 Å². The Balaban J connectivity index is 2.05. The third kappa shape index (κ3) is 3.60. The summed E-state index contributed by atoms with van der Waals surface area (Å²) in [6.45, 7) is -0.140. The lowest BCUT2D eigenvalue weighted by Gasteiger charge is -2.20. The average molecular weight is 273 g/mol. The van der Waals surface area contributed by atoms with Crippen LogP contribution in [0, 0.1) is 0 Å². The third-order valence-corrected chi connectivity index (χ3v) is 2.69. The lowest BCUT2D eigenvalue weighted by molar-refractivity contribution is -0.152. The van der Waals surface area contributed by atoms with Crippen LogP contribution < -0.4 is 4.90 Å². The lowest BCUT2D eigenvalue weighted by Crippen LogP contribution is -2.33. The number of alkyl halides is 3. The minimum Gasteiger partial charge on any atom is -0.391 e. The maximum Gasteiger partial charge on any atom is 0.391 e. The van der Waals surface area contributed by atoms with Crippen molar-refractivity contribution < 1.29 is 18.3 Å². The summed E-state index contributed by atoms with van der Waals surface area (Å²) in [7, 11) is 1.58. The normalized spacial score (nSPS) is 13.7. The Labute approximate surface area is 107 Å². The summed E-state index contributed by atoms with van der Waals surface area (Å²) >= 11 is 0. The summed E-state index contributed by atoms with van der Waals surface area (Å²) in [6.07, 6.45) is -7.07. The van der Waals surface area contributed by atoms with E-state index >= 15 is 0 Å². The fourth-order valence-corrected chi connectivity index (χ4v) is 1.85. The van der Waals surface area contributed by atoms with E-state index in [1.807, 2.05) is 18.2 Å². The Bertz CT molecular complexity index is 519. The van der Waals surface area contributed by atoms with Gasteiger partial charge >= 0.3 is 6.18 Å². The van der Waals surface area contributed by atoms with E-state index in [2.05, 4.69) is 9.97 Å². The van der Waals surface area contributed by atoms with Crippen molar-refractivity contribution in [3.63, 3.8) is 0 Å². The Morgan fingerprint density at radius 1 is 1.37 bits per heavy atom. The zero-order valence-corrected chi connectivity index (χ0v) is 10.3. The first kappa shape index (κ1) is 13.7.